The Labute approximate surface area is 375 Å². The molecule has 0 spiro atoms. The molecule has 8 nitrogen and oxygen atoms in total. The van der Waals surface area contributed by atoms with E-state index in [0.717, 1.165) is 88.0 Å². The van der Waals surface area contributed by atoms with Gasteiger partial charge in [-0.15, -0.1) is 11.3 Å². The highest BCUT2D eigenvalue weighted by Gasteiger charge is 2.28. The van der Waals surface area contributed by atoms with E-state index in [9.17, 15) is 14.4 Å². The van der Waals surface area contributed by atoms with Crippen molar-refractivity contribution in [1.82, 2.24) is 15.1 Å². The van der Waals surface area contributed by atoms with Crippen molar-refractivity contribution in [3.63, 3.8) is 0 Å². The molecule has 0 aliphatic carbocycles. The van der Waals surface area contributed by atoms with E-state index in [4.69, 9.17) is 9.53 Å². The van der Waals surface area contributed by atoms with Gasteiger partial charge in [-0.25, -0.2) is 0 Å². The van der Waals surface area contributed by atoms with Crippen molar-refractivity contribution < 1.29 is 25.3 Å². The number of thiophene rings is 1. The van der Waals surface area contributed by atoms with E-state index in [-0.39, 0.29) is 33.9 Å². The van der Waals surface area contributed by atoms with E-state index in [0.29, 0.717) is 32.4 Å². The summed E-state index contributed by atoms with van der Waals surface area (Å²) in [7, 11) is 4.02. The molecule has 1 aliphatic rings. The standard InChI is InChI=1S/C48H83N3O4S.CH2O.2CH4.H2/c1-5-7-9-11-13-14-15-16-17-18-19-20-21-22-26-30-36-51-37-34-43-45(41-51)56-44(47(43)48(54)49-35-38-50(3)4)40-42(52)32-28-24-25-29-33-46(53)55-39-31-27-23-12-10-8-6-2;1-2;;;/h13-14,16-17H,5-12,15,18-41H2,1-4H3,(H,49,54);1H2;2*1H4;1H/b14-13-,17-16-;;;;. The molecule has 0 saturated heterocycles. The van der Waals surface area contributed by atoms with Crippen molar-refractivity contribution in [3.05, 3.63) is 45.2 Å². The van der Waals surface area contributed by atoms with Crippen molar-refractivity contribution in [3.8, 4) is 0 Å². The van der Waals surface area contributed by atoms with Gasteiger partial charge in [0.2, 0.25) is 0 Å². The lowest BCUT2D eigenvalue weighted by molar-refractivity contribution is -0.144. The minimum absolute atomic E-state index is 0. The summed E-state index contributed by atoms with van der Waals surface area (Å²) in [5.74, 6) is 0.0908. The Morgan fingerprint density at radius 2 is 1.30 bits per heavy atom. The Bertz CT molecular complexity index is 1270. The summed E-state index contributed by atoms with van der Waals surface area (Å²) in [6.07, 6.45) is 38.7. The number of rotatable bonds is 36. The van der Waals surface area contributed by atoms with Crippen LogP contribution in [-0.2, 0) is 38.5 Å². The fraction of sp³-hybridized carbons (Fsp3) is 0.765. The molecule has 0 saturated carbocycles. The third-order valence-corrected chi connectivity index (χ3v) is 12.1. The third-order valence-electron chi connectivity index (χ3n) is 10.9. The predicted octanol–water partition coefficient (Wildman–Crippen LogP) is 13.3. The third kappa shape index (κ3) is 30.4. The average Bonchev–Trinajstić information content (AvgIpc) is 3.57. The van der Waals surface area contributed by atoms with Crippen LogP contribution < -0.4 is 5.32 Å². The summed E-state index contributed by atoms with van der Waals surface area (Å²) >= 11 is 1.70. The predicted molar refractivity (Wildman–Crippen MR) is 262 cm³/mol. The van der Waals surface area contributed by atoms with E-state index in [2.05, 4.69) is 53.3 Å². The molecule has 1 aromatic heterocycles. The molecule has 2 rings (SSSR count). The number of esters is 1. The molecule has 0 fully saturated rings. The van der Waals surface area contributed by atoms with E-state index >= 15 is 0 Å². The zero-order valence-electron chi connectivity index (χ0n) is 37.7. The molecule has 60 heavy (non-hydrogen) atoms. The van der Waals surface area contributed by atoms with Gasteiger partial charge in [-0.1, -0.05) is 143 Å². The zero-order valence-corrected chi connectivity index (χ0v) is 38.5. The number of carbonyl (C=O) groups excluding carboxylic acids is 4. The summed E-state index contributed by atoms with van der Waals surface area (Å²) < 4.78 is 5.42. The molecule has 0 atom stereocenters. The highest BCUT2D eigenvalue weighted by molar-refractivity contribution is 7.12. The van der Waals surface area contributed by atoms with Crippen LogP contribution >= 0.6 is 11.3 Å². The number of likely N-dealkylation sites (N-methyl/N-ethyl adjacent to an activating group) is 1. The Morgan fingerprint density at radius 1 is 0.750 bits per heavy atom. The highest BCUT2D eigenvalue weighted by Crippen LogP contribution is 2.34. The summed E-state index contributed by atoms with van der Waals surface area (Å²) in [6.45, 7) is 11.4. The second-order valence-electron chi connectivity index (χ2n) is 16.4. The van der Waals surface area contributed by atoms with Crippen molar-refractivity contribution in [2.24, 2.45) is 0 Å². The lowest BCUT2D eigenvalue weighted by Crippen LogP contribution is -2.34. The van der Waals surface area contributed by atoms with E-state index in [1.165, 1.54) is 113 Å². The number of hydrogen-bond acceptors (Lipinski definition) is 8. The number of fused-ring (bicyclic) bond motifs is 1. The number of unbranched alkanes of at least 4 members (excludes halogenated alkanes) is 18. The van der Waals surface area contributed by atoms with Gasteiger partial charge in [0.05, 0.1) is 12.2 Å². The maximum absolute atomic E-state index is 13.5. The number of ether oxygens (including phenoxy) is 1. The molecule has 9 heteroatoms. The highest BCUT2D eigenvalue weighted by atomic mass is 32.1. The number of amides is 1. The summed E-state index contributed by atoms with van der Waals surface area (Å²) in [6, 6.07) is 0. The monoisotopic (exact) mass is 862 g/mol. The SMILES string of the molecule is C.C.C=O.CCCCC/C=C\C/C=C\CCCCCCCCN1CCc2c(sc(CC(=O)CCCCCCC(=O)OCCCCCCCCC)c2C(=O)NCCN(C)C)C1.[HH]. The van der Waals surface area contributed by atoms with Gasteiger partial charge in [-0.3, -0.25) is 19.3 Å². The number of hydrogen-bond donors (Lipinski definition) is 1. The average molecular weight is 862 g/mol. The molecular formula is C51H95N3O5S. The summed E-state index contributed by atoms with van der Waals surface area (Å²) in [5.41, 5.74) is 1.95. The zero-order chi connectivity index (χ0) is 42.5. The number of nitrogens with one attached hydrogen (secondary N) is 1. The van der Waals surface area contributed by atoms with Gasteiger partial charge in [0.1, 0.15) is 12.6 Å². The van der Waals surface area contributed by atoms with E-state index < -0.39 is 0 Å². The number of ketones is 1. The molecule has 0 aromatic carbocycles. The molecule has 1 aliphatic heterocycles. The summed E-state index contributed by atoms with van der Waals surface area (Å²) in [4.78, 5) is 53.7. The van der Waals surface area contributed by atoms with Crippen LogP contribution in [-0.4, -0.2) is 81.1 Å². The van der Waals surface area contributed by atoms with Crippen molar-refractivity contribution in [2.75, 3.05) is 46.9 Å². The minimum Gasteiger partial charge on any atom is -0.466 e. The lowest BCUT2D eigenvalue weighted by Gasteiger charge is -2.27. The van der Waals surface area contributed by atoms with Crippen LogP contribution in [0.25, 0.3) is 0 Å². The van der Waals surface area contributed by atoms with Gasteiger partial charge in [0.25, 0.3) is 5.91 Å². The molecule has 1 aromatic rings. The number of allylic oxidation sites excluding steroid dienone is 4. The summed E-state index contributed by atoms with van der Waals surface area (Å²) in [5, 5.41) is 3.14. The fourth-order valence-electron chi connectivity index (χ4n) is 7.43. The van der Waals surface area contributed by atoms with Gasteiger partial charge in [0, 0.05) is 56.6 Å². The Kier molecular flexibility index (Phi) is 41.4. The Hall–Kier alpha value is -2.62. The van der Waals surface area contributed by atoms with Crippen LogP contribution in [0.15, 0.2) is 24.3 Å². The smallest absolute Gasteiger partial charge is 0.305 e. The topological polar surface area (TPSA) is 96.0 Å². The number of Topliss-reactive ketones (excluding diaryl/α,β-unsaturated/α-hetero) is 1. The molecule has 0 unspecified atom stereocenters. The van der Waals surface area contributed by atoms with Gasteiger partial charge in [0.15, 0.2) is 0 Å². The molecule has 1 amide bonds. The molecule has 2 heterocycles. The molecule has 0 bridgehead atoms. The van der Waals surface area contributed by atoms with Crippen LogP contribution in [0.2, 0.25) is 0 Å². The first-order valence-electron chi connectivity index (χ1n) is 23.4. The first-order valence-corrected chi connectivity index (χ1v) is 24.2. The number of nitrogens with zero attached hydrogens (tertiary/aromatic N) is 2. The first kappa shape index (κ1) is 59.5. The van der Waals surface area contributed by atoms with Crippen LogP contribution in [0.1, 0.15) is 216 Å². The van der Waals surface area contributed by atoms with Crippen LogP contribution in [0.3, 0.4) is 0 Å². The van der Waals surface area contributed by atoms with Crippen LogP contribution in [0, 0.1) is 0 Å². The number of carbonyl (C=O) groups is 4. The van der Waals surface area contributed by atoms with Crippen LogP contribution in [0.5, 0.6) is 0 Å². The quantitative estimate of drug-likeness (QED) is 0.0408. The maximum Gasteiger partial charge on any atom is 0.305 e. The van der Waals surface area contributed by atoms with Gasteiger partial charge in [-0.05, 0) is 90.4 Å². The van der Waals surface area contributed by atoms with E-state index in [1.807, 2.05) is 20.9 Å². The van der Waals surface area contributed by atoms with Crippen LogP contribution in [0.4, 0.5) is 0 Å². The minimum atomic E-state index is -0.0924. The maximum atomic E-state index is 13.5. The Morgan fingerprint density at radius 3 is 1.95 bits per heavy atom. The largest absolute Gasteiger partial charge is 0.466 e. The molecule has 1 N–H and O–H groups in total. The fourth-order valence-corrected chi connectivity index (χ4v) is 8.85. The second kappa shape index (κ2) is 41.7. The Balaban J connectivity index is -0.00000662. The van der Waals surface area contributed by atoms with Gasteiger partial charge >= 0.3 is 5.97 Å². The van der Waals surface area contributed by atoms with Crippen molar-refractivity contribution >= 4 is 35.8 Å². The lowest BCUT2D eigenvalue weighted by atomic mass is 9.98. The van der Waals surface area contributed by atoms with Gasteiger partial charge in [-0.2, -0.15) is 0 Å². The van der Waals surface area contributed by atoms with Crippen molar-refractivity contribution in [2.45, 2.75) is 209 Å². The first-order chi connectivity index (χ1) is 28.3. The van der Waals surface area contributed by atoms with E-state index in [1.54, 1.807) is 11.3 Å². The normalized spacial score (nSPS) is 12.5. The molecular weight excluding hydrogens is 767 g/mol. The van der Waals surface area contributed by atoms with Crippen molar-refractivity contribution in [1.29, 1.82) is 0 Å². The molecule has 0 radical (unpaired) electrons. The molecule has 350 valence electrons. The second-order valence-corrected chi connectivity index (χ2v) is 17.6. The van der Waals surface area contributed by atoms with Gasteiger partial charge < -0.3 is 19.7 Å².